The van der Waals surface area contributed by atoms with Crippen LogP contribution in [0.3, 0.4) is 0 Å². The van der Waals surface area contributed by atoms with E-state index >= 15 is 0 Å². The van der Waals surface area contributed by atoms with E-state index in [0.717, 1.165) is 44.9 Å². The highest BCUT2D eigenvalue weighted by Crippen LogP contribution is 2.19. The molecule has 0 aliphatic carbocycles. The Labute approximate surface area is 457 Å². The summed E-state index contributed by atoms with van der Waals surface area (Å²) >= 11 is 0. The molecule has 434 valence electrons. The molecule has 2 unspecified atom stereocenters. The average molecular weight is 1030 g/mol. The second-order valence-electron chi connectivity index (χ2n) is 23.2. The van der Waals surface area contributed by atoms with Crippen LogP contribution in [0.1, 0.15) is 380 Å². The largest absolute Gasteiger partial charge is 0.466 e. The van der Waals surface area contributed by atoms with Crippen molar-refractivity contribution in [2.24, 2.45) is 0 Å². The maximum atomic E-state index is 12.5. The van der Waals surface area contributed by atoms with Gasteiger partial charge in [0.25, 0.3) is 0 Å². The van der Waals surface area contributed by atoms with Crippen molar-refractivity contribution in [1.29, 1.82) is 0 Å². The fraction of sp³-hybridized carbons (Fsp3) is 0.940. The molecule has 0 aliphatic heterocycles. The molecule has 1 amide bonds. The van der Waals surface area contributed by atoms with Crippen molar-refractivity contribution in [3.8, 4) is 0 Å². The molecule has 0 aromatic heterocycles. The van der Waals surface area contributed by atoms with Crippen LogP contribution >= 0.6 is 0 Å². The van der Waals surface area contributed by atoms with Crippen molar-refractivity contribution in [2.45, 2.75) is 392 Å². The second-order valence-corrected chi connectivity index (χ2v) is 23.2. The third kappa shape index (κ3) is 59.7. The molecule has 0 spiro atoms. The number of rotatable bonds is 63. The Bertz CT molecular complexity index is 1100. The first-order valence-electron chi connectivity index (χ1n) is 33.4. The molecule has 0 fully saturated rings. The van der Waals surface area contributed by atoms with Crippen LogP contribution in [0.15, 0.2) is 12.2 Å². The molecule has 6 heteroatoms. The first-order valence-corrected chi connectivity index (χ1v) is 33.4. The predicted octanol–water partition coefficient (Wildman–Crippen LogP) is 21.2. The van der Waals surface area contributed by atoms with Gasteiger partial charge in [-0.15, -0.1) is 0 Å². The van der Waals surface area contributed by atoms with Crippen molar-refractivity contribution in [3.05, 3.63) is 12.2 Å². The molecule has 6 nitrogen and oxygen atoms in total. The number of carbonyl (C=O) groups excluding carboxylic acids is 2. The van der Waals surface area contributed by atoms with E-state index in [-0.39, 0.29) is 18.5 Å². The summed E-state index contributed by atoms with van der Waals surface area (Å²) in [5.41, 5.74) is 0. The van der Waals surface area contributed by atoms with E-state index in [2.05, 4.69) is 31.3 Å². The van der Waals surface area contributed by atoms with Gasteiger partial charge in [0, 0.05) is 12.8 Å². The molecule has 0 aliphatic rings. The lowest BCUT2D eigenvalue weighted by Gasteiger charge is -2.22. The van der Waals surface area contributed by atoms with Gasteiger partial charge in [-0.3, -0.25) is 9.59 Å². The van der Waals surface area contributed by atoms with Gasteiger partial charge in [0.15, 0.2) is 0 Å². The Balaban J connectivity index is 3.35. The molecule has 0 heterocycles. The van der Waals surface area contributed by atoms with Gasteiger partial charge in [0.05, 0.1) is 25.4 Å². The molecule has 3 N–H and O–H groups in total. The number of nitrogens with one attached hydrogen (secondary N) is 1. The van der Waals surface area contributed by atoms with Gasteiger partial charge in [0.2, 0.25) is 5.91 Å². The number of amides is 1. The Morgan fingerprint density at radius 3 is 0.986 bits per heavy atom. The van der Waals surface area contributed by atoms with E-state index in [0.29, 0.717) is 25.9 Å². The highest BCUT2D eigenvalue weighted by atomic mass is 16.5. The van der Waals surface area contributed by atoms with Crippen LogP contribution in [-0.2, 0) is 14.3 Å². The van der Waals surface area contributed by atoms with Crippen LogP contribution in [0.4, 0.5) is 0 Å². The first-order chi connectivity index (χ1) is 36.0. The Hall–Kier alpha value is -1.40. The maximum absolute atomic E-state index is 12.5. The van der Waals surface area contributed by atoms with Gasteiger partial charge in [-0.25, -0.2) is 0 Å². The molecule has 0 rings (SSSR count). The van der Waals surface area contributed by atoms with Gasteiger partial charge in [-0.05, 0) is 51.4 Å². The van der Waals surface area contributed by atoms with Gasteiger partial charge >= 0.3 is 5.97 Å². The quantitative estimate of drug-likeness (QED) is 0.0320. The number of allylic oxidation sites excluding steroid dienone is 2. The Morgan fingerprint density at radius 2 is 0.644 bits per heavy atom. The SMILES string of the molecule is CCCCCC/C=C\CCCCCCCC(=O)OCCCCCCCCCCCCCCCCCCCCCCCCCCCCC(=O)NC(CO)C(O)CCCCCCCCCCCCCCCCCCC. The highest BCUT2D eigenvalue weighted by molar-refractivity contribution is 5.76. The summed E-state index contributed by atoms with van der Waals surface area (Å²) in [7, 11) is 0. The van der Waals surface area contributed by atoms with E-state index < -0.39 is 12.1 Å². The number of ether oxygens (including phenoxy) is 1. The van der Waals surface area contributed by atoms with E-state index in [9.17, 15) is 19.8 Å². The second kappa shape index (κ2) is 63.1. The summed E-state index contributed by atoms with van der Waals surface area (Å²) in [5.74, 6) is -0.0203. The zero-order valence-corrected chi connectivity index (χ0v) is 49.6. The molecule has 0 aromatic rings. The van der Waals surface area contributed by atoms with Crippen molar-refractivity contribution in [3.63, 3.8) is 0 Å². The molecule has 0 saturated heterocycles. The Morgan fingerprint density at radius 1 is 0.370 bits per heavy atom. The van der Waals surface area contributed by atoms with Gasteiger partial charge in [-0.2, -0.15) is 0 Å². The third-order valence-electron chi connectivity index (χ3n) is 15.8. The number of aliphatic hydroxyl groups is 2. The average Bonchev–Trinajstić information content (AvgIpc) is 3.39. The van der Waals surface area contributed by atoms with Gasteiger partial charge < -0.3 is 20.3 Å². The lowest BCUT2D eigenvalue weighted by Crippen LogP contribution is -2.45. The molecular formula is C67H131NO5. The van der Waals surface area contributed by atoms with Gasteiger partial charge in [-0.1, -0.05) is 328 Å². The van der Waals surface area contributed by atoms with Crippen molar-refractivity contribution >= 4 is 11.9 Å². The smallest absolute Gasteiger partial charge is 0.305 e. The summed E-state index contributed by atoms with van der Waals surface area (Å²) in [6.45, 7) is 4.97. The monoisotopic (exact) mass is 1030 g/mol. The topological polar surface area (TPSA) is 95.9 Å². The number of carbonyl (C=O) groups is 2. The van der Waals surface area contributed by atoms with Crippen LogP contribution < -0.4 is 5.32 Å². The first kappa shape index (κ1) is 71.6. The van der Waals surface area contributed by atoms with Crippen LogP contribution in [-0.4, -0.2) is 47.4 Å². The standard InChI is InChI=1S/C67H131NO5/c1-3-5-7-9-11-13-15-17-18-29-32-36-39-43-47-51-55-59-65(70)64(63-69)68-66(71)60-56-52-48-44-40-37-33-30-27-25-23-21-19-20-22-24-26-28-31-34-38-42-46-50-54-58-62-73-67(72)61-57-53-49-45-41-35-16-14-12-10-8-6-4-2/h14,16,64-65,69-70H,3-13,15,17-63H2,1-2H3,(H,68,71)/b16-14-. The minimum absolute atomic E-state index is 0.00880. The highest BCUT2D eigenvalue weighted by Gasteiger charge is 2.20. The van der Waals surface area contributed by atoms with Crippen LogP contribution in [0.5, 0.6) is 0 Å². The summed E-state index contributed by atoms with van der Waals surface area (Å²) in [6, 6.07) is -0.539. The number of hydrogen-bond donors (Lipinski definition) is 3. The van der Waals surface area contributed by atoms with Crippen molar-refractivity contribution < 1.29 is 24.5 Å². The van der Waals surface area contributed by atoms with E-state index in [1.807, 2.05) is 0 Å². The van der Waals surface area contributed by atoms with Crippen LogP contribution in [0.2, 0.25) is 0 Å². The van der Waals surface area contributed by atoms with Crippen LogP contribution in [0, 0.1) is 0 Å². The maximum Gasteiger partial charge on any atom is 0.305 e. The predicted molar refractivity (Wildman–Crippen MR) is 320 cm³/mol. The van der Waals surface area contributed by atoms with E-state index in [1.54, 1.807) is 0 Å². The lowest BCUT2D eigenvalue weighted by molar-refractivity contribution is -0.143. The summed E-state index contributed by atoms with van der Waals surface area (Å²) in [5, 5.41) is 23.4. The van der Waals surface area contributed by atoms with E-state index in [1.165, 1.54) is 302 Å². The fourth-order valence-corrected chi connectivity index (χ4v) is 10.7. The lowest BCUT2D eigenvalue weighted by atomic mass is 10.0. The number of unbranched alkanes of at least 4 members (excludes halogenated alkanes) is 50. The number of aliphatic hydroxyl groups excluding tert-OH is 2. The zero-order chi connectivity index (χ0) is 52.9. The number of hydrogen-bond acceptors (Lipinski definition) is 5. The normalized spacial score (nSPS) is 12.5. The van der Waals surface area contributed by atoms with Crippen molar-refractivity contribution in [2.75, 3.05) is 13.2 Å². The van der Waals surface area contributed by atoms with E-state index in [4.69, 9.17) is 4.74 Å². The fourth-order valence-electron chi connectivity index (χ4n) is 10.7. The molecule has 2 atom stereocenters. The molecule has 73 heavy (non-hydrogen) atoms. The summed E-state index contributed by atoms with van der Waals surface area (Å²) in [4.78, 5) is 24.5. The molecule has 0 saturated carbocycles. The summed E-state index contributed by atoms with van der Waals surface area (Å²) in [6.07, 6.45) is 76.7. The third-order valence-corrected chi connectivity index (χ3v) is 15.8. The Kier molecular flexibility index (Phi) is 61.9. The van der Waals surface area contributed by atoms with Crippen LogP contribution in [0.25, 0.3) is 0 Å². The zero-order valence-electron chi connectivity index (χ0n) is 49.6. The molecular weight excluding hydrogens is 899 g/mol. The minimum atomic E-state index is -0.662. The van der Waals surface area contributed by atoms with Gasteiger partial charge in [0.1, 0.15) is 0 Å². The summed E-state index contributed by atoms with van der Waals surface area (Å²) < 4.78 is 5.48. The molecule has 0 aromatic carbocycles. The molecule has 0 bridgehead atoms. The minimum Gasteiger partial charge on any atom is -0.466 e. The van der Waals surface area contributed by atoms with Crippen molar-refractivity contribution in [1.82, 2.24) is 5.32 Å². The number of esters is 1. The molecule has 0 radical (unpaired) electrons.